The third kappa shape index (κ3) is 1.93. The van der Waals surface area contributed by atoms with Crippen molar-refractivity contribution in [1.82, 2.24) is 15.0 Å². The van der Waals surface area contributed by atoms with E-state index in [2.05, 4.69) is 29.5 Å². The minimum Gasteiger partial charge on any atom is -0.367 e. The Morgan fingerprint density at radius 3 is 2.91 bits per heavy atom. The van der Waals surface area contributed by atoms with E-state index in [1.54, 1.807) is 6.20 Å². The van der Waals surface area contributed by atoms with Crippen LogP contribution in [0.1, 0.15) is 20.8 Å². The fraction of sp³-hybridized carbons (Fsp3) is 0.714. The molecule has 1 aromatic rings. The minimum absolute atomic E-state index is 0.429. The van der Waals surface area contributed by atoms with Crippen molar-refractivity contribution in [3.05, 3.63) is 6.20 Å². The van der Waals surface area contributed by atoms with E-state index in [1.807, 2.05) is 11.6 Å². The van der Waals surface area contributed by atoms with E-state index in [0.29, 0.717) is 6.04 Å². The fourth-order valence-electron chi connectivity index (χ4n) is 0.899. The number of aryl methyl sites for hydroxylation is 1. The third-order valence-corrected chi connectivity index (χ3v) is 1.35. The number of nitrogens with one attached hydrogen (secondary N) is 1. The topological polar surface area (TPSA) is 42.7 Å². The van der Waals surface area contributed by atoms with Crippen molar-refractivity contribution in [2.45, 2.75) is 33.4 Å². The van der Waals surface area contributed by atoms with Crippen LogP contribution in [0.15, 0.2) is 6.20 Å². The lowest BCUT2D eigenvalue weighted by atomic mass is 10.4. The molecule has 4 heteroatoms. The van der Waals surface area contributed by atoms with Gasteiger partial charge in [0.2, 0.25) is 0 Å². The Balaban J connectivity index is 2.68. The lowest BCUT2D eigenvalue weighted by Crippen LogP contribution is -2.13. The normalized spacial score (nSPS) is 10.5. The molecule has 1 rings (SSSR count). The van der Waals surface area contributed by atoms with E-state index in [9.17, 15) is 0 Å². The molecule has 0 saturated carbocycles. The highest BCUT2D eigenvalue weighted by molar-refractivity contribution is 5.31. The van der Waals surface area contributed by atoms with Gasteiger partial charge in [-0.1, -0.05) is 5.21 Å². The standard InChI is InChI=1S/C7H14N4/c1-4-11-7(5-8-10-11)9-6(2)3/h5-6,9H,4H2,1-3H3. The van der Waals surface area contributed by atoms with Gasteiger partial charge in [-0.2, -0.15) is 0 Å². The molecule has 1 aromatic heterocycles. The molecule has 0 bridgehead atoms. The van der Waals surface area contributed by atoms with Crippen molar-refractivity contribution in [3.63, 3.8) is 0 Å². The van der Waals surface area contributed by atoms with E-state index in [1.165, 1.54) is 0 Å². The van der Waals surface area contributed by atoms with Crippen LogP contribution in [-0.2, 0) is 6.54 Å². The molecule has 0 radical (unpaired) electrons. The van der Waals surface area contributed by atoms with Gasteiger partial charge in [0.25, 0.3) is 0 Å². The van der Waals surface area contributed by atoms with Crippen molar-refractivity contribution in [2.75, 3.05) is 5.32 Å². The molecule has 0 fully saturated rings. The third-order valence-electron chi connectivity index (χ3n) is 1.35. The first-order valence-electron chi connectivity index (χ1n) is 3.89. The molecule has 0 aliphatic carbocycles. The van der Waals surface area contributed by atoms with Crippen molar-refractivity contribution in [1.29, 1.82) is 0 Å². The van der Waals surface area contributed by atoms with Crippen LogP contribution >= 0.6 is 0 Å². The SMILES string of the molecule is CCn1nncc1NC(C)C. The Morgan fingerprint density at radius 2 is 2.36 bits per heavy atom. The molecule has 11 heavy (non-hydrogen) atoms. The molecule has 1 heterocycles. The van der Waals surface area contributed by atoms with Gasteiger partial charge in [0.05, 0.1) is 6.20 Å². The Hall–Kier alpha value is -1.06. The van der Waals surface area contributed by atoms with Gasteiger partial charge in [-0.25, -0.2) is 4.68 Å². The fourth-order valence-corrected chi connectivity index (χ4v) is 0.899. The summed E-state index contributed by atoms with van der Waals surface area (Å²) in [5, 5.41) is 10.9. The molecular formula is C7H14N4. The number of hydrogen-bond donors (Lipinski definition) is 1. The molecule has 0 amide bonds. The molecule has 0 unspecified atom stereocenters. The average molecular weight is 154 g/mol. The molecule has 0 spiro atoms. The van der Waals surface area contributed by atoms with Crippen LogP contribution in [0.4, 0.5) is 5.82 Å². The van der Waals surface area contributed by atoms with Crippen LogP contribution in [0, 0.1) is 0 Å². The van der Waals surface area contributed by atoms with Crippen molar-refractivity contribution < 1.29 is 0 Å². The van der Waals surface area contributed by atoms with Gasteiger partial charge >= 0.3 is 0 Å². The molecule has 0 saturated heterocycles. The van der Waals surface area contributed by atoms with E-state index < -0.39 is 0 Å². The monoisotopic (exact) mass is 154 g/mol. The van der Waals surface area contributed by atoms with Gasteiger partial charge in [-0.15, -0.1) is 5.10 Å². The highest BCUT2D eigenvalue weighted by atomic mass is 15.4. The van der Waals surface area contributed by atoms with E-state index in [0.717, 1.165) is 12.4 Å². The Morgan fingerprint density at radius 1 is 1.64 bits per heavy atom. The van der Waals surface area contributed by atoms with E-state index in [4.69, 9.17) is 0 Å². The predicted octanol–water partition coefficient (Wildman–Crippen LogP) is 1.12. The van der Waals surface area contributed by atoms with Gasteiger partial charge in [-0.3, -0.25) is 0 Å². The maximum atomic E-state index is 3.89. The summed E-state index contributed by atoms with van der Waals surface area (Å²) in [6.45, 7) is 7.08. The second-order valence-corrected chi connectivity index (χ2v) is 2.73. The minimum atomic E-state index is 0.429. The number of nitrogens with zero attached hydrogens (tertiary/aromatic N) is 3. The maximum Gasteiger partial charge on any atom is 0.145 e. The highest BCUT2D eigenvalue weighted by Crippen LogP contribution is 2.04. The predicted molar refractivity (Wildman–Crippen MR) is 44.5 cm³/mol. The molecule has 0 aliphatic rings. The largest absolute Gasteiger partial charge is 0.367 e. The van der Waals surface area contributed by atoms with Crippen LogP contribution in [0.2, 0.25) is 0 Å². The molecule has 0 aromatic carbocycles. The van der Waals surface area contributed by atoms with Gasteiger partial charge in [0.1, 0.15) is 5.82 Å². The van der Waals surface area contributed by atoms with Gasteiger partial charge in [0.15, 0.2) is 0 Å². The van der Waals surface area contributed by atoms with Crippen molar-refractivity contribution >= 4 is 5.82 Å². The summed E-state index contributed by atoms with van der Waals surface area (Å²) < 4.78 is 1.83. The maximum absolute atomic E-state index is 3.89. The van der Waals surface area contributed by atoms with Gasteiger partial charge < -0.3 is 5.32 Å². The Kier molecular flexibility index (Phi) is 2.46. The number of hydrogen-bond acceptors (Lipinski definition) is 3. The van der Waals surface area contributed by atoms with Gasteiger partial charge in [-0.05, 0) is 20.8 Å². The van der Waals surface area contributed by atoms with Crippen LogP contribution < -0.4 is 5.32 Å². The second-order valence-electron chi connectivity index (χ2n) is 2.73. The first kappa shape index (κ1) is 8.04. The smallest absolute Gasteiger partial charge is 0.145 e. The van der Waals surface area contributed by atoms with Crippen molar-refractivity contribution in [2.24, 2.45) is 0 Å². The van der Waals surface area contributed by atoms with E-state index >= 15 is 0 Å². The zero-order valence-corrected chi connectivity index (χ0v) is 7.20. The Bertz CT molecular complexity index is 216. The summed E-state index contributed by atoms with van der Waals surface area (Å²) in [5.41, 5.74) is 0. The zero-order valence-electron chi connectivity index (χ0n) is 7.20. The molecular weight excluding hydrogens is 140 g/mol. The van der Waals surface area contributed by atoms with Crippen LogP contribution in [0.25, 0.3) is 0 Å². The molecule has 1 N–H and O–H groups in total. The highest BCUT2D eigenvalue weighted by Gasteiger charge is 2.01. The average Bonchev–Trinajstić information content (AvgIpc) is 2.34. The number of anilines is 1. The lowest BCUT2D eigenvalue weighted by Gasteiger charge is -2.09. The van der Waals surface area contributed by atoms with Gasteiger partial charge in [0, 0.05) is 12.6 Å². The summed E-state index contributed by atoms with van der Waals surface area (Å²) >= 11 is 0. The Labute approximate surface area is 66.6 Å². The van der Waals surface area contributed by atoms with Crippen LogP contribution in [0.5, 0.6) is 0 Å². The summed E-state index contributed by atoms with van der Waals surface area (Å²) in [6.07, 6.45) is 1.74. The molecule has 0 atom stereocenters. The summed E-state index contributed by atoms with van der Waals surface area (Å²) in [7, 11) is 0. The quantitative estimate of drug-likeness (QED) is 0.709. The first-order chi connectivity index (χ1) is 5.24. The zero-order chi connectivity index (χ0) is 8.27. The van der Waals surface area contributed by atoms with E-state index in [-0.39, 0.29) is 0 Å². The van der Waals surface area contributed by atoms with Crippen molar-refractivity contribution in [3.8, 4) is 0 Å². The summed E-state index contributed by atoms with van der Waals surface area (Å²) in [6, 6.07) is 0.429. The number of rotatable bonds is 3. The summed E-state index contributed by atoms with van der Waals surface area (Å²) in [5.74, 6) is 0.988. The molecule has 62 valence electrons. The molecule has 0 aliphatic heterocycles. The lowest BCUT2D eigenvalue weighted by molar-refractivity contribution is 0.627. The van der Waals surface area contributed by atoms with Crippen LogP contribution in [0.3, 0.4) is 0 Å². The summed E-state index contributed by atoms with van der Waals surface area (Å²) in [4.78, 5) is 0. The molecule has 4 nitrogen and oxygen atoms in total. The second kappa shape index (κ2) is 3.37. The van der Waals surface area contributed by atoms with Crippen LogP contribution in [-0.4, -0.2) is 21.0 Å². The first-order valence-corrected chi connectivity index (χ1v) is 3.89. The number of aromatic nitrogens is 3.